The molecule has 0 N–H and O–H groups in total. The van der Waals surface area contributed by atoms with Crippen LogP contribution in [0.15, 0.2) is 35.5 Å². The van der Waals surface area contributed by atoms with Crippen molar-refractivity contribution < 1.29 is 0 Å². The molecule has 0 rings (SSSR count). The van der Waals surface area contributed by atoms with E-state index in [1.165, 1.54) is 301 Å². The summed E-state index contributed by atoms with van der Waals surface area (Å²) in [5, 5.41) is 0. The molecule has 0 heteroatoms. The van der Waals surface area contributed by atoms with E-state index in [-0.39, 0.29) is 0 Å². The van der Waals surface area contributed by atoms with Crippen molar-refractivity contribution in [2.24, 2.45) is 0 Å². The Hall–Kier alpha value is -0.780. The summed E-state index contributed by atoms with van der Waals surface area (Å²) in [7, 11) is 0. The maximum atomic E-state index is 4.25. The lowest BCUT2D eigenvalue weighted by molar-refractivity contribution is 0.567. The molecule has 360 valence electrons. The molecule has 0 nitrogen and oxygen atoms in total. The van der Waals surface area contributed by atoms with Crippen LogP contribution in [-0.2, 0) is 0 Å². The van der Waals surface area contributed by atoms with Gasteiger partial charge in [-0.15, -0.1) is 0 Å². The van der Waals surface area contributed by atoms with Gasteiger partial charge >= 0.3 is 0 Å². The number of hydrogen-bond acceptors (Lipinski definition) is 0. The molecule has 0 aliphatic rings. The lowest BCUT2D eigenvalue weighted by Gasteiger charge is -2.06. The zero-order valence-corrected chi connectivity index (χ0v) is 43.9. The molecular weight excluding hydrogens is 721 g/mol. The van der Waals surface area contributed by atoms with Crippen LogP contribution in [0.4, 0.5) is 0 Å². The highest BCUT2D eigenvalue weighted by Gasteiger charge is 1.99. The first-order valence-electron chi connectivity index (χ1n) is 28.4. The zero-order chi connectivity index (χ0) is 44.7. The van der Waals surface area contributed by atoms with Crippen molar-refractivity contribution in [3.63, 3.8) is 0 Å². The van der Waals surface area contributed by atoms with Crippen LogP contribution in [0.2, 0.25) is 0 Å². The van der Waals surface area contributed by atoms with Gasteiger partial charge in [0.25, 0.3) is 0 Å². The van der Waals surface area contributed by atoms with E-state index in [2.05, 4.69) is 74.1 Å². The van der Waals surface area contributed by atoms with Gasteiger partial charge in [0.2, 0.25) is 0 Å². The third-order valence-electron chi connectivity index (χ3n) is 12.7. The fraction of sp³-hybridized carbons (Fsp3) is 0.900. The summed E-state index contributed by atoms with van der Waals surface area (Å²) in [6.07, 6.45) is 69.6. The molecule has 0 amide bonds. The van der Waals surface area contributed by atoms with E-state index in [4.69, 9.17) is 0 Å². The van der Waals surface area contributed by atoms with Gasteiger partial charge in [-0.1, -0.05) is 295 Å². The second-order valence-electron chi connectivity index (χ2n) is 19.4. The van der Waals surface area contributed by atoms with Crippen molar-refractivity contribution >= 4 is 0 Å². The van der Waals surface area contributed by atoms with E-state index in [0.717, 1.165) is 0 Å². The van der Waals surface area contributed by atoms with Crippen LogP contribution in [0.1, 0.15) is 351 Å². The molecule has 0 atom stereocenters. The van der Waals surface area contributed by atoms with Crippen molar-refractivity contribution in [1.82, 2.24) is 0 Å². The summed E-state index contributed by atoms with van der Waals surface area (Å²) in [6, 6.07) is 0. The fourth-order valence-corrected chi connectivity index (χ4v) is 8.26. The van der Waals surface area contributed by atoms with E-state index >= 15 is 0 Å². The SMILES string of the molecule is C=C(CCCCCCCC)CCCCCCCCCC.CCCCCCC/C=C(/C)CCCCCCCCCC.CCCCCCCCC/C=C(/C)CCCCCCCC. The Kier molecular flexibility index (Phi) is 63.8. The second-order valence-corrected chi connectivity index (χ2v) is 19.4. The third kappa shape index (κ3) is 63.9. The molecule has 0 heterocycles. The fourth-order valence-electron chi connectivity index (χ4n) is 8.26. The monoisotopic (exact) mass is 841 g/mol. The van der Waals surface area contributed by atoms with Crippen molar-refractivity contribution in [3.05, 3.63) is 35.5 Å². The molecule has 0 aliphatic carbocycles. The molecule has 0 aromatic carbocycles. The molecule has 0 saturated heterocycles. The molecule has 0 saturated carbocycles. The normalized spacial score (nSPS) is 11.7. The molecule has 0 aromatic rings. The quantitative estimate of drug-likeness (QED) is 0.0423. The third-order valence-corrected chi connectivity index (χ3v) is 12.7. The van der Waals surface area contributed by atoms with Gasteiger partial charge in [0.1, 0.15) is 0 Å². The Morgan fingerprint density at radius 2 is 0.433 bits per heavy atom. The number of hydrogen-bond donors (Lipinski definition) is 0. The lowest BCUT2D eigenvalue weighted by Crippen LogP contribution is -1.86. The van der Waals surface area contributed by atoms with E-state index in [1.54, 1.807) is 11.1 Å². The molecule has 60 heavy (non-hydrogen) atoms. The first-order chi connectivity index (χ1) is 29.4. The summed E-state index contributed by atoms with van der Waals surface area (Å²) in [4.78, 5) is 0. The first kappa shape index (κ1) is 63.5. The largest absolute Gasteiger partial charge is 0.0999 e. The highest BCUT2D eigenvalue weighted by molar-refractivity contribution is 4.98. The molecule has 0 aromatic heterocycles. The minimum atomic E-state index is 1.28. The summed E-state index contributed by atoms with van der Waals surface area (Å²) in [5.41, 5.74) is 4.77. The standard InChI is InChI=1S/3C20H40/c3*1-4-6-8-10-12-13-15-17-19-20(3)18-16-14-11-9-7-5-2/h19H,4-18H2,1-3H3;18H,4-17,19H2,1-3H3;3-19H2,1-2H3/b20-19-;20-18-;. The zero-order valence-electron chi connectivity index (χ0n) is 43.9. The average Bonchev–Trinajstić information content (AvgIpc) is 3.25. The van der Waals surface area contributed by atoms with E-state index in [9.17, 15) is 0 Å². The van der Waals surface area contributed by atoms with Gasteiger partial charge in [0.15, 0.2) is 0 Å². The number of rotatable bonds is 46. The predicted molar refractivity (Wildman–Crippen MR) is 283 cm³/mol. The minimum absolute atomic E-state index is 1.28. The van der Waals surface area contributed by atoms with E-state index < -0.39 is 0 Å². The highest BCUT2D eigenvalue weighted by atomic mass is 14.0. The van der Waals surface area contributed by atoms with Crippen LogP contribution in [0.3, 0.4) is 0 Å². The molecular formula is C60H120. The Labute approximate surface area is 384 Å². The van der Waals surface area contributed by atoms with E-state index in [0.29, 0.717) is 0 Å². The molecule has 0 radical (unpaired) electrons. The van der Waals surface area contributed by atoms with Crippen LogP contribution in [0.5, 0.6) is 0 Å². The van der Waals surface area contributed by atoms with Crippen LogP contribution >= 0.6 is 0 Å². The maximum absolute atomic E-state index is 4.25. The van der Waals surface area contributed by atoms with Crippen LogP contribution in [-0.4, -0.2) is 0 Å². The minimum Gasteiger partial charge on any atom is -0.0999 e. The van der Waals surface area contributed by atoms with Crippen LogP contribution < -0.4 is 0 Å². The first-order valence-corrected chi connectivity index (χ1v) is 28.4. The Balaban J connectivity index is -0.000000812. The second kappa shape index (κ2) is 60.3. The molecule has 0 aliphatic heterocycles. The predicted octanol–water partition coefficient (Wildman–Crippen LogP) is 23.5. The molecule has 0 bridgehead atoms. The summed E-state index contributed by atoms with van der Waals surface area (Å²) >= 11 is 0. The average molecular weight is 842 g/mol. The van der Waals surface area contributed by atoms with Crippen LogP contribution in [0.25, 0.3) is 0 Å². The smallest absolute Gasteiger partial charge is 0.0323 e. The highest BCUT2D eigenvalue weighted by Crippen LogP contribution is 2.18. The topological polar surface area (TPSA) is 0 Å². The van der Waals surface area contributed by atoms with E-state index in [1.807, 2.05) is 0 Å². The Morgan fingerprint density at radius 1 is 0.250 bits per heavy atom. The molecule has 0 unspecified atom stereocenters. The van der Waals surface area contributed by atoms with Crippen molar-refractivity contribution in [2.45, 2.75) is 351 Å². The van der Waals surface area contributed by atoms with Gasteiger partial charge in [-0.05, 0) is 90.9 Å². The van der Waals surface area contributed by atoms with Crippen LogP contribution in [0, 0.1) is 0 Å². The van der Waals surface area contributed by atoms with Crippen molar-refractivity contribution in [2.75, 3.05) is 0 Å². The summed E-state index contributed by atoms with van der Waals surface area (Å²) in [6.45, 7) is 22.6. The summed E-state index contributed by atoms with van der Waals surface area (Å²) < 4.78 is 0. The van der Waals surface area contributed by atoms with Gasteiger partial charge in [-0.25, -0.2) is 0 Å². The molecule has 0 fully saturated rings. The maximum Gasteiger partial charge on any atom is -0.0323 e. The van der Waals surface area contributed by atoms with Crippen molar-refractivity contribution in [3.8, 4) is 0 Å². The number of allylic oxidation sites excluding steroid dienone is 5. The Morgan fingerprint density at radius 3 is 0.667 bits per heavy atom. The van der Waals surface area contributed by atoms with Gasteiger partial charge in [-0.3, -0.25) is 0 Å². The lowest BCUT2D eigenvalue weighted by atomic mass is 10.0. The van der Waals surface area contributed by atoms with Crippen molar-refractivity contribution in [1.29, 1.82) is 0 Å². The van der Waals surface area contributed by atoms with Gasteiger partial charge in [0, 0.05) is 0 Å². The van der Waals surface area contributed by atoms with Gasteiger partial charge in [0.05, 0.1) is 0 Å². The summed E-state index contributed by atoms with van der Waals surface area (Å²) in [5.74, 6) is 0. The van der Waals surface area contributed by atoms with Gasteiger partial charge in [-0.2, -0.15) is 0 Å². The number of unbranched alkanes of at least 4 members (excludes halogenated alkanes) is 36. The molecule has 0 spiro atoms. The van der Waals surface area contributed by atoms with Gasteiger partial charge < -0.3 is 0 Å². The Bertz CT molecular complexity index is 812.